The van der Waals surface area contributed by atoms with E-state index in [0.29, 0.717) is 37.6 Å². The summed E-state index contributed by atoms with van der Waals surface area (Å²) in [5, 5.41) is 2.89. The average Bonchev–Trinajstić information content (AvgIpc) is 2.87. The van der Waals surface area contributed by atoms with E-state index >= 15 is 0 Å². The van der Waals surface area contributed by atoms with Gasteiger partial charge in [0, 0.05) is 18.8 Å². The molecule has 1 aliphatic rings. The number of benzene rings is 3. The van der Waals surface area contributed by atoms with Crippen molar-refractivity contribution in [2.45, 2.75) is 17.1 Å². The fraction of sp³-hybridized carbons (Fsp3) is 0.269. The van der Waals surface area contributed by atoms with Crippen molar-refractivity contribution in [3.05, 3.63) is 95.6 Å². The Morgan fingerprint density at radius 3 is 2.15 bits per heavy atom. The maximum Gasteiger partial charge on any atom is 0.243 e. The Morgan fingerprint density at radius 2 is 1.56 bits per heavy atom. The van der Waals surface area contributed by atoms with Crippen LogP contribution in [0.4, 0.5) is 5.69 Å². The van der Waals surface area contributed by atoms with Crippen LogP contribution in [0.3, 0.4) is 0 Å². The van der Waals surface area contributed by atoms with Crippen molar-refractivity contribution in [1.82, 2.24) is 4.31 Å². The summed E-state index contributed by atoms with van der Waals surface area (Å²) in [6, 6.07) is 25.2. The minimum Gasteiger partial charge on any atom is -0.379 e. The number of morpholine rings is 1. The number of nitrogens with zero attached hydrogens (tertiary/aromatic N) is 1. The highest BCUT2D eigenvalue weighted by Gasteiger charge is 2.28. The summed E-state index contributed by atoms with van der Waals surface area (Å²) >= 11 is 1.54. The molecule has 3 aromatic carbocycles. The molecule has 0 aliphatic carbocycles. The predicted octanol–water partition coefficient (Wildman–Crippen LogP) is 4.48. The molecule has 0 aromatic heterocycles. The zero-order valence-electron chi connectivity index (χ0n) is 19.0. The van der Waals surface area contributed by atoms with Gasteiger partial charge in [0.25, 0.3) is 0 Å². The number of nitrogens with one attached hydrogen (secondary N) is 1. The van der Waals surface area contributed by atoms with Crippen molar-refractivity contribution in [2.75, 3.05) is 37.4 Å². The summed E-state index contributed by atoms with van der Waals surface area (Å²) < 4.78 is 33.0. The maximum absolute atomic E-state index is 13.1. The van der Waals surface area contributed by atoms with Crippen LogP contribution in [0.1, 0.15) is 21.9 Å². The SMILES string of the molecule is Cc1ccc(NC(=O)CSC(c2ccccc2)c2ccccc2)cc1S(=O)(=O)N1CCOCC1. The van der Waals surface area contributed by atoms with E-state index in [4.69, 9.17) is 4.74 Å². The molecular formula is C26H28N2O4S2. The molecule has 3 aromatic rings. The molecule has 0 unspecified atom stereocenters. The van der Waals surface area contributed by atoms with Gasteiger partial charge in [-0.25, -0.2) is 8.42 Å². The Bertz CT molecular complexity index is 1170. The summed E-state index contributed by atoms with van der Waals surface area (Å²) in [4.78, 5) is 13.0. The van der Waals surface area contributed by atoms with E-state index < -0.39 is 10.0 Å². The van der Waals surface area contributed by atoms with Crippen molar-refractivity contribution < 1.29 is 17.9 Å². The van der Waals surface area contributed by atoms with Crippen LogP contribution in [0.2, 0.25) is 0 Å². The quantitative estimate of drug-likeness (QED) is 0.498. The lowest BCUT2D eigenvalue weighted by molar-refractivity contribution is -0.113. The summed E-state index contributed by atoms with van der Waals surface area (Å²) in [7, 11) is -3.65. The predicted molar refractivity (Wildman–Crippen MR) is 137 cm³/mol. The zero-order chi connectivity index (χ0) is 24.0. The highest BCUT2D eigenvalue weighted by molar-refractivity contribution is 8.00. The van der Waals surface area contributed by atoms with Gasteiger partial charge in [-0.3, -0.25) is 4.79 Å². The van der Waals surface area contributed by atoms with Crippen LogP contribution in [0.5, 0.6) is 0 Å². The summed E-state index contributed by atoms with van der Waals surface area (Å²) in [5.74, 6) is 0.0499. The maximum atomic E-state index is 13.1. The highest BCUT2D eigenvalue weighted by atomic mass is 32.2. The van der Waals surface area contributed by atoms with Crippen molar-refractivity contribution in [3.8, 4) is 0 Å². The lowest BCUT2D eigenvalue weighted by Crippen LogP contribution is -2.40. The van der Waals surface area contributed by atoms with Gasteiger partial charge in [0.1, 0.15) is 0 Å². The molecule has 0 radical (unpaired) electrons. The molecule has 1 fully saturated rings. The van der Waals surface area contributed by atoms with E-state index in [-0.39, 0.29) is 21.8 Å². The summed E-state index contributed by atoms with van der Waals surface area (Å²) in [6.07, 6.45) is 0. The Hall–Kier alpha value is -2.65. The minimum atomic E-state index is -3.65. The van der Waals surface area contributed by atoms with Crippen LogP contribution in [0, 0.1) is 6.92 Å². The third-order valence-electron chi connectivity index (χ3n) is 5.65. The second kappa shape index (κ2) is 11.2. The van der Waals surface area contributed by atoms with Crippen molar-refractivity contribution in [3.63, 3.8) is 0 Å². The van der Waals surface area contributed by atoms with Crippen LogP contribution in [-0.4, -0.2) is 50.7 Å². The van der Waals surface area contributed by atoms with E-state index in [0.717, 1.165) is 11.1 Å². The molecule has 34 heavy (non-hydrogen) atoms. The molecule has 0 saturated carbocycles. The first kappa shape index (κ1) is 24.5. The molecule has 1 amide bonds. The van der Waals surface area contributed by atoms with E-state index in [1.807, 2.05) is 36.4 Å². The Morgan fingerprint density at radius 1 is 0.971 bits per heavy atom. The van der Waals surface area contributed by atoms with E-state index in [1.54, 1.807) is 25.1 Å². The fourth-order valence-electron chi connectivity index (χ4n) is 3.88. The number of thioether (sulfide) groups is 1. The van der Waals surface area contributed by atoms with Crippen LogP contribution in [0.15, 0.2) is 83.8 Å². The molecule has 0 atom stereocenters. The molecule has 1 N–H and O–H groups in total. The number of rotatable bonds is 8. The van der Waals surface area contributed by atoms with Gasteiger partial charge in [-0.2, -0.15) is 4.31 Å². The number of aryl methyl sites for hydroxylation is 1. The molecular weight excluding hydrogens is 468 g/mol. The number of sulfonamides is 1. The molecule has 8 heteroatoms. The van der Waals surface area contributed by atoms with E-state index in [9.17, 15) is 13.2 Å². The van der Waals surface area contributed by atoms with Gasteiger partial charge >= 0.3 is 0 Å². The topological polar surface area (TPSA) is 75.7 Å². The van der Waals surface area contributed by atoms with Gasteiger partial charge in [0.15, 0.2) is 0 Å². The van der Waals surface area contributed by atoms with Crippen molar-refractivity contribution >= 4 is 33.4 Å². The number of anilines is 1. The molecule has 4 rings (SSSR count). The normalized spacial score (nSPS) is 14.8. The number of hydrogen-bond donors (Lipinski definition) is 1. The largest absolute Gasteiger partial charge is 0.379 e. The average molecular weight is 497 g/mol. The van der Waals surface area contributed by atoms with Gasteiger partial charge in [0.2, 0.25) is 15.9 Å². The number of amides is 1. The van der Waals surface area contributed by atoms with Gasteiger partial charge in [-0.05, 0) is 35.7 Å². The van der Waals surface area contributed by atoms with Gasteiger partial charge < -0.3 is 10.1 Å². The number of ether oxygens (including phenoxy) is 1. The molecule has 1 aliphatic heterocycles. The van der Waals surface area contributed by atoms with Crippen LogP contribution in [-0.2, 0) is 19.6 Å². The van der Waals surface area contributed by atoms with Gasteiger partial charge in [0.05, 0.1) is 29.1 Å². The van der Waals surface area contributed by atoms with Crippen LogP contribution in [0.25, 0.3) is 0 Å². The highest BCUT2D eigenvalue weighted by Crippen LogP contribution is 2.35. The molecule has 1 heterocycles. The standard InChI is InChI=1S/C26H28N2O4S2/c1-20-12-13-23(18-24(20)34(30,31)28-14-16-32-17-15-28)27-25(29)19-33-26(21-8-4-2-5-9-21)22-10-6-3-7-11-22/h2-13,18,26H,14-17,19H2,1H3,(H,27,29). The van der Waals surface area contributed by atoms with Gasteiger partial charge in [-0.1, -0.05) is 66.7 Å². The number of carbonyl (C=O) groups excluding carboxylic acids is 1. The molecule has 1 saturated heterocycles. The monoisotopic (exact) mass is 496 g/mol. The molecule has 6 nitrogen and oxygen atoms in total. The van der Waals surface area contributed by atoms with Crippen molar-refractivity contribution in [2.24, 2.45) is 0 Å². The third-order valence-corrected chi connectivity index (χ3v) is 8.99. The van der Waals surface area contributed by atoms with Crippen molar-refractivity contribution in [1.29, 1.82) is 0 Å². The second-order valence-electron chi connectivity index (χ2n) is 8.06. The Balaban J connectivity index is 1.47. The lowest BCUT2D eigenvalue weighted by atomic mass is 10.0. The minimum absolute atomic E-state index is 0.0171. The smallest absolute Gasteiger partial charge is 0.243 e. The van der Waals surface area contributed by atoms with Gasteiger partial charge in [-0.15, -0.1) is 11.8 Å². The first-order chi connectivity index (χ1) is 16.4. The van der Waals surface area contributed by atoms with Crippen LogP contribution < -0.4 is 5.32 Å². The Kier molecular flexibility index (Phi) is 8.05. The number of carbonyl (C=O) groups is 1. The lowest BCUT2D eigenvalue weighted by Gasteiger charge is -2.26. The molecule has 0 spiro atoms. The van der Waals surface area contributed by atoms with Crippen LogP contribution >= 0.6 is 11.8 Å². The second-order valence-corrected chi connectivity index (χ2v) is 11.1. The number of hydrogen-bond acceptors (Lipinski definition) is 5. The molecule has 178 valence electrons. The zero-order valence-corrected chi connectivity index (χ0v) is 20.6. The first-order valence-electron chi connectivity index (χ1n) is 11.1. The van der Waals surface area contributed by atoms with E-state index in [2.05, 4.69) is 29.6 Å². The summed E-state index contributed by atoms with van der Waals surface area (Å²) in [6.45, 7) is 3.19. The Labute approximate surface area is 205 Å². The fourth-order valence-corrected chi connectivity index (χ4v) is 6.63. The van der Waals surface area contributed by atoms with E-state index in [1.165, 1.54) is 16.1 Å². The summed E-state index contributed by atoms with van der Waals surface area (Å²) in [5.41, 5.74) is 3.37. The first-order valence-corrected chi connectivity index (χ1v) is 13.6. The third kappa shape index (κ3) is 5.88. The molecule has 0 bridgehead atoms.